The highest BCUT2D eigenvalue weighted by atomic mass is 16.1. The van der Waals surface area contributed by atoms with Crippen molar-refractivity contribution in [2.24, 2.45) is 0 Å². The fourth-order valence-corrected chi connectivity index (χ4v) is 1.28. The highest BCUT2D eigenvalue weighted by Gasteiger charge is 2.01. The Morgan fingerprint density at radius 1 is 1.19 bits per heavy atom. The number of aldehydes is 1. The van der Waals surface area contributed by atoms with Crippen LogP contribution in [0.15, 0.2) is 30.3 Å². The molecule has 1 atom stereocenters. The van der Waals surface area contributed by atoms with Gasteiger partial charge in [0.25, 0.3) is 0 Å². The van der Waals surface area contributed by atoms with Crippen LogP contribution >= 0.6 is 0 Å². The number of rotatable bonds is 8. The van der Waals surface area contributed by atoms with Crippen molar-refractivity contribution in [1.82, 2.24) is 5.32 Å². The minimum Gasteiger partial charge on any atom is -0.310 e. The minimum absolute atomic E-state index is 0.288. The first-order valence-electron chi connectivity index (χ1n) is 5.39. The number of carbonyl (C=O) groups is 1. The van der Waals surface area contributed by atoms with Gasteiger partial charge in [0, 0.05) is 19.0 Å². The van der Waals surface area contributed by atoms with Gasteiger partial charge in [0.05, 0.1) is 0 Å². The Morgan fingerprint density at radius 2 is 1.94 bits per heavy atom. The van der Waals surface area contributed by atoms with E-state index >= 15 is 0 Å². The lowest BCUT2D eigenvalue weighted by atomic mass is 10.1. The molecule has 0 aliphatic heterocycles. The molecular formula is C14H17NO. The van der Waals surface area contributed by atoms with Crippen LogP contribution in [0.3, 0.4) is 0 Å². The van der Waals surface area contributed by atoms with Crippen LogP contribution in [-0.4, -0.2) is 12.3 Å². The van der Waals surface area contributed by atoms with Crippen LogP contribution in [-0.2, 0) is 11.3 Å². The third-order valence-corrected chi connectivity index (χ3v) is 2.17. The van der Waals surface area contributed by atoms with Gasteiger partial charge >= 0.3 is 0 Å². The molecular weight excluding hydrogens is 198 g/mol. The summed E-state index contributed by atoms with van der Waals surface area (Å²) in [4.78, 5) is 10.0. The van der Waals surface area contributed by atoms with Gasteiger partial charge in [-0.15, -0.1) is 0 Å². The van der Waals surface area contributed by atoms with E-state index in [1.807, 2.05) is 31.0 Å². The third-order valence-electron chi connectivity index (χ3n) is 2.17. The zero-order valence-corrected chi connectivity index (χ0v) is 9.47. The molecule has 4 radical (unpaired) electrons. The molecule has 2 heteroatoms. The summed E-state index contributed by atoms with van der Waals surface area (Å²) in [5, 5.41) is 3.37. The Bertz CT molecular complexity index is 284. The number of carbonyl (C=O) groups excluding carboxylic acids is 1. The number of hydrogen-bond acceptors (Lipinski definition) is 2. The fourth-order valence-electron chi connectivity index (χ4n) is 1.28. The summed E-state index contributed by atoms with van der Waals surface area (Å²) < 4.78 is 0. The van der Waals surface area contributed by atoms with Gasteiger partial charge in [0.15, 0.2) is 0 Å². The molecule has 1 N–H and O–H groups in total. The second-order valence-electron chi connectivity index (χ2n) is 3.56. The fraction of sp³-hybridized carbons (Fsp3) is 0.214. The average Bonchev–Trinajstić information content (AvgIpc) is 2.33. The van der Waals surface area contributed by atoms with Crippen molar-refractivity contribution in [2.75, 3.05) is 0 Å². The van der Waals surface area contributed by atoms with Crippen molar-refractivity contribution in [3.63, 3.8) is 0 Å². The highest BCUT2D eigenvalue weighted by molar-refractivity contribution is 5.64. The van der Waals surface area contributed by atoms with Gasteiger partial charge < -0.3 is 10.1 Å². The smallest absolute Gasteiger partial charge is 0.124 e. The Balaban J connectivity index is 2.10. The SMILES string of the molecule is C[C@@H]([CH][CH][CH][CH]C=O)NCc1ccccc1. The molecule has 0 bridgehead atoms. The quantitative estimate of drug-likeness (QED) is 0.532. The van der Waals surface area contributed by atoms with Crippen LogP contribution in [0.5, 0.6) is 0 Å². The third kappa shape index (κ3) is 5.66. The second kappa shape index (κ2) is 8.05. The summed E-state index contributed by atoms with van der Waals surface area (Å²) in [5.74, 6) is 0. The van der Waals surface area contributed by atoms with E-state index in [9.17, 15) is 4.79 Å². The van der Waals surface area contributed by atoms with E-state index in [1.54, 1.807) is 6.42 Å². The zero-order chi connectivity index (χ0) is 11.6. The normalized spacial score (nSPS) is 12.3. The first-order chi connectivity index (χ1) is 7.83. The maximum Gasteiger partial charge on any atom is 0.124 e. The predicted molar refractivity (Wildman–Crippen MR) is 66.0 cm³/mol. The van der Waals surface area contributed by atoms with E-state index in [0.29, 0.717) is 0 Å². The lowest BCUT2D eigenvalue weighted by Crippen LogP contribution is -2.26. The Morgan fingerprint density at radius 3 is 2.62 bits per heavy atom. The van der Waals surface area contributed by atoms with E-state index in [0.717, 1.165) is 12.8 Å². The number of benzene rings is 1. The Kier molecular flexibility index (Phi) is 6.50. The topological polar surface area (TPSA) is 29.1 Å². The van der Waals surface area contributed by atoms with Crippen LogP contribution in [0.25, 0.3) is 0 Å². The lowest BCUT2D eigenvalue weighted by molar-refractivity contribution is -0.105. The molecule has 1 aromatic carbocycles. The molecule has 0 unspecified atom stereocenters. The maximum atomic E-state index is 10.0. The molecule has 16 heavy (non-hydrogen) atoms. The van der Waals surface area contributed by atoms with Crippen LogP contribution < -0.4 is 5.32 Å². The lowest BCUT2D eigenvalue weighted by Gasteiger charge is -2.12. The molecule has 0 amide bonds. The van der Waals surface area contributed by atoms with Gasteiger partial charge in [-0.05, 0) is 31.7 Å². The van der Waals surface area contributed by atoms with E-state index in [2.05, 4.69) is 24.4 Å². The van der Waals surface area contributed by atoms with Crippen molar-refractivity contribution in [1.29, 1.82) is 0 Å². The molecule has 0 saturated carbocycles. The largest absolute Gasteiger partial charge is 0.310 e. The standard InChI is InChI=1S/C14H17NO/c1-13(8-4-3-7-11-16)15-12-14-9-5-2-6-10-14/h2-11,13,15H,12H2,1H3/t13-/m0/s1. The van der Waals surface area contributed by atoms with Crippen molar-refractivity contribution in [3.8, 4) is 0 Å². The number of nitrogens with one attached hydrogen (secondary N) is 1. The summed E-state index contributed by atoms with van der Waals surface area (Å²) in [5.41, 5.74) is 1.27. The predicted octanol–water partition coefficient (Wildman–Crippen LogP) is 2.18. The summed E-state index contributed by atoms with van der Waals surface area (Å²) in [7, 11) is 0. The van der Waals surface area contributed by atoms with Gasteiger partial charge in [-0.3, -0.25) is 0 Å². The van der Waals surface area contributed by atoms with E-state index in [1.165, 1.54) is 12.0 Å². The van der Waals surface area contributed by atoms with Crippen molar-refractivity contribution < 1.29 is 4.79 Å². The highest BCUT2D eigenvalue weighted by Crippen LogP contribution is 2.01. The molecule has 0 heterocycles. The minimum atomic E-state index is 0.288. The van der Waals surface area contributed by atoms with E-state index in [4.69, 9.17) is 0 Å². The first-order valence-corrected chi connectivity index (χ1v) is 5.39. The van der Waals surface area contributed by atoms with Gasteiger partial charge in [0.1, 0.15) is 6.29 Å². The maximum absolute atomic E-state index is 10.0. The summed E-state index contributed by atoms with van der Waals surface area (Å²) in [6.45, 7) is 2.93. The monoisotopic (exact) mass is 215 g/mol. The summed E-state index contributed by atoms with van der Waals surface area (Å²) in [6, 6.07) is 10.5. The van der Waals surface area contributed by atoms with Crippen LogP contribution in [0.4, 0.5) is 0 Å². The number of hydrogen-bond donors (Lipinski definition) is 1. The second-order valence-corrected chi connectivity index (χ2v) is 3.56. The molecule has 1 aromatic rings. The van der Waals surface area contributed by atoms with Crippen LogP contribution in [0.2, 0.25) is 0 Å². The number of unbranched alkanes of at least 4 members (excludes halogenated alkanes) is 2. The van der Waals surface area contributed by atoms with Gasteiger partial charge in [-0.2, -0.15) is 0 Å². The molecule has 0 saturated heterocycles. The van der Waals surface area contributed by atoms with Crippen LogP contribution in [0, 0.1) is 25.7 Å². The summed E-state index contributed by atoms with van der Waals surface area (Å²) >= 11 is 0. The van der Waals surface area contributed by atoms with Crippen molar-refractivity contribution >= 4 is 6.29 Å². The van der Waals surface area contributed by atoms with Crippen molar-refractivity contribution in [2.45, 2.75) is 19.5 Å². The Labute approximate surface area is 98.1 Å². The molecule has 84 valence electrons. The zero-order valence-electron chi connectivity index (χ0n) is 9.47. The molecule has 0 aromatic heterocycles. The van der Waals surface area contributed by atoms with Gasteiger partial charge in [-0.25, -0.2) is 0 Å². The Hall–Kier alpha value is -1.15. The molecule has 0 spiro atoms. The van der Waals surface area contributed by atoms with Crippen LogP contribution in [0.1, 0.15) is 12.5 Å². The molecule has 0 aliphatic carbocycles. The molecule has 0 aliphatic rings. The van der Waals surface area contributed by atoms with Crippen molar-refractivity contribution in [3.05, 3.63) is 61.6 Å². The van der Waals surface area contributed by atoms with E-state index < -0.39 is 0 Å². The van der Waals surface area contributed by atoms with E-state index in [-0.39, 0.29) is 6.04 Å². The molecule has 0 fully saturated rings. The molecule has 2 nitrogen and oxygen atoms in total. The first kappa shape index (κ1) is 12.9. The molecule has 1 rings (SSSR count). The summed E-state index contributed by atoms with van der Waals surface area (Å²) in [6.07, 6.45) is 7.86. The average molecular weight is 215 g/mol. The van der Waals surface area contributed by atoms with Gasteiger partial charge in [-0.1, -0.05) is 30.3 Å². The van der Waals surface area contributed by atoms with Gasteiger partial charge in [0.2, 0.25) is 0 Å².